The van der Waals surface area contributed by atoms with Crippen molar-refractivity contribution in [1.82, 2.24) is 10.3 Å². The molecule has 2 bridgehead atoms. The van der Waals surface area contributed by atoms with E-state index in [1.165, 1.54) is 6.42 Å². The zero-order valence-corrected chi connectivity index (χ0v) is 10.3. The minimum absolute atomic E-state index is 0.378. The molecule has 2 saturated heterocycles. The standard InChI is InChI=1S/C11H13Cl2N3/c12-10-2-9(4-15-11(10)13)16-5-7-1-8(6-16)14-3-7/h2,4,7-8,14H,1,3,5-6H2/t7-,8-/m1/s1. The Bertz CT molecular complexity index is 398. The van der Waals surface area contributed by atoms with Crippen LogP contribution in [0.5, 0.6) is 0 Å². The van der Waals surface area contributed by atoms with Crippen LogP contribution < -0.4 is 10.2 Å². The van der Waals surface area contributed by atoms with E-state index in [9.17, 15) is 0 Å². The van der Waals surface area contributed by atoms with Crippen molar-refractivity contribution in [3.8, 4) is 0 Å². The molecule has 16 heavy (non-hydrogen) atoms. The molecule has 86 valence electrons. The van der Waals surface area contributed by atoms with Gasteiger partial charge in [0.05, 0.1) is 16.9 Å². The lowest BCUT2D eigenvalue weighted by Crippen LogP contribution is -2.41. The number of piperidine rings is 1. The van der Waals surface area contributed by atoms with Gasteiger partial charge in [0.15, 0.2) is 0 Å². The highest BCUT2D eigenvalue weighted by Gasteiger charge is 2.32. The molecule has 0 radical (unpaired) electrons. The Hall–Kier alpha value is -0.510. The summed E-state index contributed by atoms with van der Waals surface area (Å²) in [4.78, 5) is 6.44. The summed E-state index contributed by atoms with van der Waals surface area (Å²) in [6, 6.07) is 2.52. The number of aromatic nitrogens is 1. The Kier molecular flexibility index (Phi) is 2.70. The zero-order chi connectivity index (χ0) is 11.1. The molecule has 0 unspecified atom stereocenters. The zero-order valence-electron chi connectivity index (χ0n) is 8.79. The van der Waals surface area contributed by atoms with E-state index >= 15 is 0 Å². The second-order valence-electron chi connectivity index (χ2n) is 4.58. The third-order valence-corrected chi connectivity index (χ3v) is 4.07. The third-order valence-electron chi connectivity index (χ3n) is 3.38. The summed E-state index contributed by atoms with van der Waals surface area (Å²) >= 11 is 11.8. The predicted octanol–water partition coefficient (Wildman–Crippen LogP) is 2.19. The van der Waals surface area contributed by atoms with Crippen molar-refractivity contribution in [2.45, 2.75) is 12.5 Å². The largest absolute Gasteiger partial charge is 0.368 e. The average molecular weight is 258 g/mol. The summed E-state index contributed by atoms with van der Waals surface area (Å²) in [6.45, 7) is 3.26. The Morgan fingerprint density at radius 3 is 3.00 bits per heavy atom. The average Bonchev–Trinajstić information content (AvgIpc) is 2.62. The lowest BCUT2D eigenvalue weighted by molar-refractivity contribution is 0.474. The van der Waals surface area contributed by atoms with E-state index in [0.29, 0.717) is 16.2 Å². The van der Waals surface area contributed by atoms with Gasteiger partial charge in [0, 0.05) is 25.7 Å². The number of pyridine rings is 1. The first-order chi connectivity index (χ1) is 7.72. The highest BCUT2D eigenvalue weighted by molar-refractivity contribution is 6.41. The van der Waals surface area contributed by atoms with Crippen LogP contribution >= 0.6 is 23.2 Å². The van der Waals surface area contributed by atoms with Crippen LogP contribution in [0.3, 0.4) is 0 Å². The van der Waals surface area contributed by atoms with Gasteiger partial charge in [0.25, 0.3) is 0 Å². The minimum Gasteiger partial charge on any atom is -0.368 e. The SMILES string of the molecule is Clc1cc(N2C[C@H]3CN[C@H](C3)C2)cnc1Cl. The van der Waals surface area contributed by atoms with Crippen LogP contribution in [0.4, 0.5) is 5.69 Å². The number of rotatable bonds is 1. The lowest BCUT2D eigenvalue weighted by Gasteiger charge is -2.32. The van der Waals surface area contributed by atoms with Gasteiger partial charge in [-0.15, -0.1) is 0 Å². The van der Waals surface area contributed by atoms with Crippen LogP contribution in [0, 0.1) is 5.92 Å². The maximum Gasteiger partial charge on any atom is 0.147 e. The molecule has 1 aromatic rings. The Morgan fingerprint density at radius 1 is 1.38 bits per heavy atom. The summed E-state index contributed by atoms with van der Waals surface area (Å²) in [5.74, 6) is 0.758. The highest BCUT2D eigenvalue weighted by Crippen LogP contribution is 2.29. The number of nitrogens with one attached hydrogen (secondary N) is 1. The fourth-order valence-corrected chi connectivity index (χ4v) is 2.89. The Balaban J connectivity index is 1.84. The quantitative estimate of drug-likeness (QED) is 0.782. The molecule has 2 aliphatic heterocycles. The number of fused-ring (bicyclic) bond motifs is 2. The number of hydrogen-bond donors (Lipinski definition) is 1. The van der Waals surface area contributed by atoms with E-state index in [-0.39, 0.29) is 0 Å². The van der Waals surface area contributed by atoms with Gasteiger partial charge >= 0.3 is 0 Å². The third kappa shape index (κ3) is 1.88. The molecular formula is C11H13Cl2N3. The van der Waals surface area contributed by atoms with Crippen LogP contribution in [-0.4, -0.2) is 30.7 Å². The molecule has 0 aromatic carbocycles. The van der Waals surface area contributed by atoms with Crippen molar-refractivity contribution in [2.75, 3.05) is 24.5 Å². The fourth-order valence-electron chi connectivity index (χ4n) is 2.63. The lowest BCUT2D eigenvalue weighted by atomic mass is 10.00. The molecule has 1 aromatic heterocycles. The van der Waals surface area contributed by atoms with Crippen molar-refractivity contribution in [1.29, 1.82) is 0 Å². The molecule has 0 amide bonds. The first kappa shape index (κ1) is 10.6. The monoisotopic (exact) mass is 257 g/mol. The molecule has 3 nitrogen and oxygen atoms in total. The van der Waals surface area contributed by atoms with Gasteiger partial charge in [-0.25, -0.2) is 4.98 Å². The highest BCUT2D eigenvalue weighted by atomic mass is 35.5. The molecule has 1 N–H and O–H groups in total. The predicted molar refractivity (Wildman–Crippen MR) is 66.4 cm³/mol. The van der Waals surface area contributed by atoms with Crippen molar-refractivity contribution in [3.05, 3.63) is 22.4 Å². The number of halogens is 2. The Morgan fingerprint density at radius 2 is 2.25 bits per heavy atom. The molecule has 3 rings (SSSR count). The fraction of sp³-hybridized carbons (Fsp3) is 0.545. The van der Waals surface area contributed by atoms with Gasteiger partial charge in [-0.2, -0.15) is 0 Å². The molecule has 5 heteroatoms. The van der Waals surface area contributed by atoms with Crippen LogP contribution in [0.25, 0.3) is 0 Å². The first-order valence-electron chi connectivity index (χ1n) is 5.52. The molecule has 0 saturated carbocycles. The van der Waals surface area contributed by atoms with Gasteiger partial charge in [-0.05, 0) is 18.4 Å². The van der Waals surface area contributed by atoms with E-state index in [2.05, 4.69) is 15.2 Å². The molecule has 2 atom stereocenters. The molecule has 0 aliphatic carbocycles. The first-order valence-corrected chi connectivity index (χ1v) is 6.27. The second-order valence-corrected chi connectivity index (χ2v) is 5.34. The number of nitrogens with zero attached hydrogens (tertiary/aromatic N) is 2. The topological polar surface area (TPSA) is 28.2 Å². The van der Waals surface area contributed by atoms with Crippen LogP contribution in [0.2, 0.25) is 10.2 Å². The van der Waals surface area contributed by atoms with Gasteiger partial charge in [-0.1, -0.05) is 23.2 Å². The summed E-state index contributed by atoms with van der Waals surface area (Å²) in [5, 5.41) is 4.43. The maximum absolute atomic E-state index is 5.98. The molecule has 2 aliphatic rings. The smallest absolute Gasteiger partial charge is 0.147 e. The summed E-state index contributed by atoms with van der Waals surface area (Å²) < 4.78 is 0. The Labute approximate surface area is 105 Å². The number of hydrogen-bond acceptors (Lipinski definition) is 3. The summed E-state index contributed by atoms with van der Waals surface area (Å²) in [5.41, 5.74) is 1.08. The molecule has 0 spiro atoms. The van der Waals surface area contributed by atoms with Gasteiger partial charge < -0.3 is 10.2 Å². The van der Waals surface area contributed by atoms with E-state index in [0.717, 1.165) is 31.2 Å². The van der Waals surface area contributed by atoms with Crippen molar-refractivity contribution >= 4 is 28.9 Å². The molecular weight excluding hydrogens is 245 g/mol. The number of anilines is 1. The van der Waals surface area contributed by atoms with E-state index in [1.54, 1.807) is 6.20 Å². The van der Waals surface area contributed by atoms with Gasteiger partial charge in [0.1, 0.15) is 5.15 Å². The molecule has 2 fully saturated rings. The normalized spacial score (nSPS) is 28.5. The second kappa shape index (κ2) is 4.06. The van der Waals surface area contributed by atoms with Crippen LogP contribution in [0.15, 0.2) is 12.3 Å². The summed E-state index contributed by atoms with van der Waals surface area (Å²) in [6.07, 6.45) is 3.10. The van der Waals surface area contributed by atoms with E-state index < -0.39 is 0 Å². The van der Waals surface area contributed by atoms with E-state index in [4.69, 9.17) is 23.2 Å². The minimum atomic E-state index is 0.378. The van der Waals surface area contributed by atoms with Crippen LogP contribution in [0.1, 0.15) is 6.42 Å². The van der Waals surface area contributed by atoms with E-state index in [1.807, 2.05) is 6.07 Å². The van der Waals surface area contributed by atoms with Crippen molar-refractivity contribution in [2.24, 2.45) is 5.92 Å². The van der Waals surface area contributed by atoms with Crippen molar-refractivity contribution < 1.29 is 0 Å². The van der Waals surface area contributed by atoms with Gasteiger partial charge in [0.2, 0.25) is 0 Å². The maximum atomic E-state index is 5.98. The molecule has 3 heterocycles. The summed E-state index contributed by atoms with van der Waals surface area (Å²) in [7, 11) is 0. The van der Waals surface area contributed by atoms with Crippen molar-refractivity contribution in [3.63, 3.8) is 0 Å². The van der Waals surface area contributed by atoms with Gasteiger partial charge in [-0.3, -0.25) is 0 Å². The van der Waals surface area contributed by atoms with Crippen LogP contribution in [-0.2, 0) is 0 Å².